The number of alkyl halides is 1. The number of imidazole rings is 1. The first-order chi connectivity index (χ1) is 15.4. The Kier molecular flexibility index (Phi) is 5.10. The van der Waals surface area contributed by atoms with Crippen LogP contribution in [0.5, 0.6) is 0 Å². The number of aromatic nitrogens is 6. The summed E-state index contributed by atoms with van der Waals surface area (Å²) in [6, 6.07) is 5.33. The summed E-state index contributed by atoms with van der Waals surface area (Å²) in [5, 5.41) is 20.6. The van der Waals surface area contributed by atoms with E-state index in [1.165, 1.54) is 0 Å². The number of rotatable bonds is 6. The van der Waals surface area contributed by atoms with Crippen LogP contribution in [0.4, 0.5) is 10.2 Å². The zero-order valence-corrected chi connectivity index (χ0v) is 17.9. The summed E-state index contributed by atoms with van der Waals surface area (Å²) < 4.78 is 17.6. The summed E-state index contributed by atoms with van der Waals surface area (Å²) in [6.07, 6.45) is 7.98. The maximum Gasteiger partial charge on any atom is 0.155 e. The van der Waals surface area contributed by atoms with Gasteiger partial charge in [0.15, 0.2) is 5.65 Å². The number of aliphatic hydroxyl groups is 1. The molecule has 1 aliphatic rings. The normalized spacial score (nSPS) is 19.0. The van der Waals surface area contributed by atoms with Gasteiger partial charge >= 0.3 is 0 Å². The molecule has 1 fully saturated rings. The Hall–Kier alpha value is -3.37. The topological polar surface area (TPSA) is 105 Å². The third kappa shape index (κ3) is 4.19. The second-order valence-corrected chi connectivity index (χ2v) is 8.72. The maximum atomic E-state index is 14.0. The Morgan fingerprint density at radius 1 is 1.16 bits per heavy atom. The van der Waals surface area contributed by atoms with Crippen LogP contribution < -0.4 is 10.6 Å². The quantitative estimate of drug-likeness (QED) is 0.425. The monoisotopic (exact) mass is 436 g/mol. The summed E-state index contributed by atoms with van der Waals surface area (Å²) >= 11 is 0. The fraction of sp³-hybridized carbons (Fsp3) is 0.364. The van der Waals surface area contributed by atoms with Crippen molar-refractivity contribution in [3.63, 3.8) is 0 Å². The molecule has 1 saturated heterocycles. The lowest BCUT2D eigenvalue weighted by molar-refractivity contribution is 0.0577. The van der Waals surface area contributed by atoms with Gasteiger partial charge < -0.3 is 15.7 Å². The molecule has 166 valence electrons. The highest BCUT2D eigenvalue weighted by molar-refractivity contribution is 5.64. The van der Waals surface area contributed by atoms with Crippen LogP contribution in [0, 0.1) is 0 Å². The molecule has 0 spiro atoms. The van der Waals surface area contributed by atoms with Crippen LogP contribution >= 0.6 is 0 Å². The molecule has 32 heavy (non-hydrogen) atoms. The highest BCUT2D eigenvalue weighted by atomic mass is 19.1. The molecule has 10 heteroatoms. The van der Waals surface area contributed by atoms with Crippen LogP contribution in [0.15, 0.2) is 49.2 Å². The number of pyridine rings is 1. The Bertz CT molecular complexity index is 1240. The van der Waals surface area contributed by atoms with Gasteiger partial charge in [0.05, 0.1) is 53.9 Å². The van der Waals surface area contributed by atoms with Crippen LogP contribution in [0.2, 0.25) is 0 Å². The average Bonchev–Trinajstić information content (AvgIpc) is 3.47. The van der Waals surface area contributed by atoms with Crippen molar-refractivity contribution in [2.45, 2.75) is 38.2 Å². The summed E-state index contributed by atoms with van der Waals surface area (Å²) in [6.45, 7) is 4.78. The predicted molar refractivity (Wildman–Crippen MR) is 119 cm³/mol. The first-order valence-electron chi connectivity index (χ1n) is 10.5. The molecular formula is C22H25FN8O. The molecule has 0 radical (unpaired) electrons. The van der Waals surface area contributed by atoms with Gasteiger partial charge in [0.25, 0.3) is 0 Å². The molecule has 9 nitrogen and oxygen atoms in total. The second kappa shape index (κ2) is 7.95. The molecule has 3 N–H and O–H groups in total. The van der Waals surface area contributed by atoms with Gasteiger partial charge in [0, 0.05) is 31.0 Å². The van der Waals surface area contributed by atoms with Gasteiger partial charge in [-0.3, -0.25) is 14.1 Å². The van der Waals surface area contributed by atoms with Crippen molar-refractivity contribution in [3.05, 3.63) is 49.2 Å². The third-order valence-corrected chi connectivity index (χ3v) is 5.36. The van der Waals surface area contributed by atoms with Gasteiger partial charge in [0.1, 0.15) is 12.0 Å². The van der Waals surface area contributed by atoms with Crippen LogP contribution in [0.25, 0.3) is 28.3 Å². The Labute approximate surface area is 184 Å². The summed E-state index contributed by atoms with van der Waals surface area (Å²) in [5.74, 6) is 0.621. The molecule has 5 heterocycles. The SMILES string of the molecule is CC(C)(O)Cn1cc(-c2cn3c(-c4cccc(NC5CNCC5F)n4)cnc3cn2)cn1. The van der Waals surface area contributed by atoms with Gasteiger partial charge in [-0.25, -0.2) is 14.4 Å². The first-order valence-corrected chi connectivity index (χ1v) is 10.5. The molecule has 0 aromatic carbocycles. The van der Waals surface area contributed by atoms with Gasteiger partial charge in [-0.05, 0) is 26.0 Å². The first kappa shape index (κ1) is 20.5. The highest BCUT2D eigenvalue weighted by Gasteiger charge is 2.26. The number of fused-ring (bicyclic) bond motifs is 1. The molecule has 0 aliphatic carbocycles. The standard InChI is InChI=1S/C22H25FN8O/c1-22(2,32)13-30-11-14(6-27-30)18-12-31-19(9-26-21(31)10-25-18)16-4-3-5-20(28-16)29-17-8-24-7-15(17)23/h3-6,9-12,15,17,24,32H,7-8,13H2,1-2H3,(H,28,29). The van der Waals surface area contributed by atoms with Crippen molar-refractivity contribution in [1.82, 2.24) is 34.4 Å². The number of nitrogens with one attached hydrogen (secondary N) is 2. The molecule has 0 amide bonds. The number of nitrogens with zero attached hydrogens (tertiary/aromatic N) is 6. The Morgan fingerprint density at radius 2 is 2.03 bits per heavy atom. The van der Waals surface area contributed by atoms with Gasteiger partial charge in [-0.2, -0.15) is 5.10 Å². The predicted octanol–water partition coefficient (Wildman–Crippen LogP) is 2.15. The molecule has 2 unspecified atom stereocenters. The molecule has 0 saturated carbocycles. The number of anilines is 1. The summed E-state index contributed by atoms with van der Waals surface area (Å²) in [5.41, 5.74) is 2.92. The van der Waals surface area contributed by atoms with E-state index in [-0.39, 0.29) is 6.04 Å². The number of hydrogen-bond acceptors (Lipinski definition) is 7. The summed E-state index contributed by atoms with van der Waals surface area (Å²) in [4.78, 5) is 13.6. The fourth-order valence-corrected chi connectivity index (χ4v) is 3.84. The lowest BCUT2D eigenvalue weighted by atomic mass is 10.1. The lowest BCUT2D eigenvalue weighted by Gasteiger charge is -2.16. The third-order valence-electron chi connectivity index (χ3n) is 5.36. The molecule has 4 aromatic rings. The smallest absolute Gasteiger partial charge is 0.155 e. The van der Waals surface area contributed by atoms with E-state index < -0.39 is 11.8 Å². The van der Waals surface area contributed by atoms with Crippen molar-refractivity contribution >= 4 is 11.5 Å². The van der Waals surface area contributed by atoms with Crippen LogP contribution in [-0.2, 0) is 6.54 Å². The number of halogens is 1. The Morgan fingerprint density at radius 3 is 2.81 bits per heavy atom. The van der Waals surface area contributed by atoms with Crippen molar-refractivity contribution in [2.24, 2.45) is 0 Å². The Balaban J connectivity index is 1.45. The van der Waals surface area contributed by atoms with E-state index >= 15 is 0 Å². The van der Waals surface area contributed by atoms with E-state index in [4.69, 9.17) is 0 Å². The molecule has 1 aliphatic heterocycles. The van der Waals surface area contributed by atoms with E-state index in [0.29, 0.717) is 31.1 Å². The lowest BCUT2D eigenvalue weighted by Crippen LogP contribution is -2.29. The van der Waals surface area contributed by atoms with E-state index in [9.17, 15) is 9.50 Å². The van der Waals surface area contributed by atoms with E-state index in [2.05, 4.69) is 30.7 Å². The summed E-state index contributed by atoms with van der Waals surface area (Å²) in [7, 11) is 0. The highest BCUT2D eigenvalue weighted by Crippen LogP contribution is 2.24. The van der Waals surface area contributed by atoms with Crippen LogP contribution in [0.3, 0.4) is 0 Å². The van der Waals surface area contributed by atoms with E-state index in [0.717, 1.165) is 22.6 Å². The van der Waals surface area contributed by atoms with E-state index in [1.807, 2.05) is 35.0 Å². The van der Waals surface area contributed by atoms with Crippen molar-refractivity contribution in [1.29, 1.82) is 0 Å². The molecule has 0 bridgehead atoms. The minimum Gasteiger partial charge on any atom is -0.389 e. The second-order valence-electron chi connectivity index (χ2n) is 8.72. The number of hydrogen-bond donors (Lipinski definition) is 3. The zero-order valence-electron chi connectivity index (χ0n) is 17.9. The molecule has 4 aromatic heterocycles. The van der Waals surface area contributed by atoms with Crippen molar-refractivity contribution in [3.8, 4) is 22.6 Å². The minimum absolute atomic E-state index is 0.295. The zero-order chi connectivity index (χ0) is 22.3. The van der Waals surface area contributed by atoms with Crippen molar-refractivity contribution < 1.29 is 9.50 Å². The molecule has 2 atom stereocenters. The fourth-order valence-electron chi connectivity index (χ4n) is 3.84. The molecular weight excluding hydrogens is 411 g/mol. The minimum atomic E-state index is -0.942. The van der Waals surface area contributed by atoms with E-state index in [1.54, 1.807) is 37.1 Å². The van der Waals surface area contributed by atoms with Gasteiger partial charge in [-0.1, -0.05) is 6.07 Å². The molecule has 5 rings (SSSR count). The maximum absolute atomic E-state index is 14.0. The van der Waals surface area contributed by atoms with Gasteiger partial charge in [0.2, 0.25) is 0 Å². The van der Waals surface area contributed by atoms with Crippen LogP contribution in [-0.4, -0.2) is 65.1 Å². The van der Waals surface area contributed by atoms with Gasteiger partial charge in [-0.15, -0.1) is 0 Å². The van der Waals surface area contributed by atoms with Crippen LogP contribution in [0.1, 0.15) is 13.8 Å². The largest absolute Gasteiger partial charge is 0.389 e. The van der Waals surface area contributed by atoms with Crippen molar-refractivity contribution in [2.75, 3.05) is 18.4 Å². The average molecular weight is 436 g/mol.